The molecule has 5 rings (SSSR count). The van der Waals surface area contributed by atoms with Crippen molar-refractivity contribution in [3.8, 4) is 11.4 Å². The highest BCUT2D eigenvalue weighted by Gasteiger charge is 2.40. The molecule has 184 valence electrons. The number of rotatable bonds is 6. The van der Waals surface area contributed by atoms with Gasteiger partial charge in [0.2, 0.25) is 9.84 Å². The van der Waals surface area contributed by atoms with Crippen molar-refractivity contribution in [1.29, 1.82) is 0 Å². The van der Waals surface area contributed by atoms with Crippen LogP contribution in [0.25, 0.3) is 22.6 Å². The van der Waals surface area contributed by atoms with E-state index >= 15 is 0 Å². The van der Waals surface area contributed by atoms with Crippen LogP contribution >= 0.6 is 0 Å². The molecule has 0 saturated carbocycles. The Morgan fingerprint density at radius 1 is 1.24 bits per heavy atom. The van der Waals surface area contributed by atoms with Gasteiger partial charge in [0.25, 0.3) is 0 Å². The van der Waals surface area contributed by atoms with Gasteiger partial charge in [-0.3, -0.25) is 9.58 Å². The molecule has 0 aromatic carbocycles. The van der Waals surface area contributed by atoms with Crippen LogP contribution in [0.1, 0.15) is 31.9 Å². The highest BCUT2D eigenvalue weighted by atomic mass is 32.2. The van der Waals surface area contributed by atoms with Gasteiger partial charge in [-0.15, -0.1) is 0 Å². The van der Waals surface area contributed by atoms with E-state index in [9.17, 15) is 13.5 Å². The van der Waals surface area contributed by atoms with E-state index in [2.05, 4.69) is 20.1 Å². The quantitative estimate of drug-likeness (QED) is 0.507. The third-order valence-corrected chi connectivity index (χ3v) is 9.31. The molecule has 0 amide bonds. The van der Waals surface area contributed by atoms with Crippen molar-refractivity contribution in [1.82, 2.24) is 34.2 Å². The molecular formula is C22H31N7O4S. The Kier molecular flexibility index (Phi) is 6.17. The van der Waals surface area contributed by atoms with Crippen LogP contribution in [-0.2, 0) is 28.2 Å². The molecule has 3 aromatic rings. The zero-order chi connectivity index (χ0) is 24.0. The van der Waals surface area contributed by atoms with Crippen LogP contribution < -0.4 is 0 Å². The Labute approximate surface area is 198 Å². The van der Waals surface area contributed by atoms with E-state index in [-0.39, 0.29) is 23.0 Å². The fourth-order valence-corrected chi connectivity index (χ4v) is 6.85. The summed E-state index contributed by atoms with van der Waals surface area (Å²) in [5.74, 6) is 0.707. The fourth-order valence-electron chi connectivity index (χ4n) is 5.13. The van der Waals surface area contributed by atoms with Gasteiger partial charge in [-0.25, -0.2) is 23.4 Å². The predicted octanol–water partition coefficient (Wildman–Crippen LogP) is 1.15. The van der Waals surface area contributed by atoms with E-state index in [1.807, 2.05) is 30.5 Å². The molecule has 5 heterocycles. The molecular weight excluding hydrogens is 458 g/mol. The summed E-state index contributed by atoms with van der Waals surface area (Å²) in [7, 11) is -1.97. The minimum atomic E-state index is -3.78. The number of ether oxygens (including phenoxy) is 1. The lowest BCUT2D eigenvalue weighted by molar-refractivity contribution is -0.0652. The van der Waals surface area contributed by atoms with Crippen molar-refractivity contribution in [2.45, 2.75) is 56.2 Å². The largest absolute Gasteiger partial charge is 0.381 e. The molecule has 2 saturated heterocycles. The van der Waals surface area contributed by atoms with Gasteiger partial charge < -0.3 is 14.4 Å². The van der Waals surface area contributed by atoms with E-state index in [4.69, 9.17) is 4.74 Å². The SMILES string of the molecule is CCn1ncc(-c2nc3c(S(=O)(=O)C4CCN(C(O)C5CCOCC5)C4)ncnc3n2C)c1C. The van der Waals surface area contributed by atoms with E-state index in [1.165, 1.54) is 6.33 Å². The monoisotopic (exact) mass is 489 g/mol. The van der Waals surface area contributed by atoms with Crippen LogP contribution in [0.2, 0.25) is 0 Å². The van der Waals surface area contributed by atoms with Gasteiger partial charge in [-0.2, -0.15) is 5.10 Å². The zero-order valence-corrected chi connectivity index (χ0v) is 20.6. The molecule has 12 heteroatoms. The van der Waals surface area contributed by atoms with Crippen LogP contribution in [0.15, 0.2) is 17.6 Å². The number of hydrogen-bond donors (Lipinski definition) is 1. The van der Waals surface area contributed by atoms with Gasteiger partial charge in [0.1, 0.15) is 23.9 Å². The van der Waals surface area contributed by atoms with Crippen LogP contribution in [0.3, 0.4) is 0 Å². The van der Waals surface area contributed by atoms with Crippen LogP contribution in [-0.4, -0.2) is 85.5 Å². The number of fused-ring (bicyclic) bond motifs is 1. The number of imidazole rings is 1. The molecule has 1 N–H and O–H groups in total. The predicted molar refractivity (Wildman–Crippen MR) is 125 cm³/mol. The average Bonchev–Trinajstić information content (AvgIpc) is 3.57. The maximum atomic E-state index is 13.7. The Bertz CT molecular complexity index is 1300. The second-order valence-electron chi connectivity index (χ2n) is 9.12. The Morgan fingerprint density at radius 2 is 2.00 bits per heavy atom. The van der Waals surface area contributed by atoms with Crippen LogP contribution in [0.5, 0.6) is 0 Å². The second-order valence-corrected chi connectivity index (χ2v) is 11.3. The number of nitrogens with zero attached hydrogens (tertiary/aromatic N) is 7. The average molecular weight is 490 g/mol. The molecule has 2 atom stereocenters. The van der Waals surface area contributed by atoms with Crippen molar-refractivity contribution < 1.29 is 18.3 Å². The highest BCUT2D eigenvalue weighted by Crippen LogP contribution is 2.32. The summed E-state index contributed by atoms with van der Waals surface area (Å²) < 4.78 is 36.4. The topological polar surface area (TPSA) is 128 Å². The van der Waals surface area contributed by atoms with Crippen molar-refractivity contribution in [3.63, 3.8) is 0 Å². The smallest absolute Gasteiger partial charge is 0.202 e. The van der Waals surface area contributed by atoms with E-state index in [1.54, 1.807) is 10.8 Å². The van der Waals surface area contributed by atoms with Crippen molar-refractivity contribution >= 4 is 21.0 Å². The van der Waals surface area contributed by atoms with Crippen molar-refractivity contribution in [2.24, 2.45) is 13.0 Å². The first-order chi connectivity index (χ1) is 16.3. The summed E-state index contributed by atoms with van der Waals surface area (Å²) in [5, 5.41) is 14.5. The lowest BCUT2D eigenvalue weighted by atomic mass is 9.98. The molecule has 0 spiro atoms. The minimum Gasteiger partial charge on any atom is -0.381 e. The van der Waals surface area contributed by atoms with Crippen LogP contribution in [0, 0.1) is 12.8 Å². The summed E-state index contributed by atoms with van der Waals surface area (Å²) in [5.41, 5.74) is 2.51. The molecule has 0 radical (unpaired) electrons. The van der Waals surface area contributed by atoms with E-state index in [0.717, 1.165) is 30.6 Å². The van der Waals surface area contributed by atoms with Gasteiger partial charge in [-0.05, 0) is 33.1 Å². The number of aryl methyl sites for hydroxylation is 2. The summed E-state index contributed by atoms with van der Waals surface area (Å²) in [4.78, 5) is 15.1. The number of aromatic nitrogens is 6. The van der Waals surface area contributed by atoms with E-state index < -0.39 is 21.3 Å². The number of hydrogen-bond acceptors (Lipinski definition) is 9. The summed E-state index contributed by atoms with van der Waals surface area (Å²) in [6.45, 7) is 6.77. The number of aliphatic hydroxyl groups excluding tert-OH is 1. The molecule has 34 heavy (non-hydrogen) atoms. The number of sulfone groups is 1. The molecule has 2 aliphatic rings. The highest BCUT2D eigenvalue weighted by molar-refractivity contribution is 7.92. The lowest BCUT2D eigenvalue weighted by Gasteiger charge is -2.32. The summed E-state index contributed by atoms with van der Waals surface area (Å²) in [6, 6.07) is 0. The summed E-state index contributed by atoms with van der Waals surface area (Å²) >= 11 is 0. The lowest BCUT2D eigenvalue weighted by Crippen LogP contribution is -2.42. The van der Waals surface area contributed by atoms with Gasteiger partial charge >= 0.3 is 0 Å². The zero-order valence-electron chi connectivity index (χ0n) is 19.8. The third-order valence-electron chi connectivity index (χ3n) is 7.21. The number of likely N-dealkylation sites (tertiary alicyclic amines) is 1. The first-order valence-electron chi connectivity index (χ1n) is 11.8. The molecule has 3 aromatic heterocycles. The van der Waals surface area contributed by atoms with Crippen LogP contribution in [0.4, 0.5) is 0 Å². The minimum absolute atomic E-state index is 0.0488. The number of aliphatic hydroxyl groups is 1. The first kappa shape index (κ1) is 23.3. The molecule has 0 aliphatic carbocycles. The van der Waals surface area contributed by atoms with E-state index in [0.29, 0.717) is 37.7 Å². The molecule has 2 fully saturated rings. The molecule has 0 bridgehead atoms. The molecule has 2 aliphatic heterocycles. The normalized spacial score (nSPS) is 21.5. The summed E-state index contributed by atoms with van der Waals surface area (Å²) in [6.07, 6.45) is 4.38. The second kappa shape index (κ2) is 8.99. The Balaban J connectivity index is 1.46. The molecule has 11 nitrogen and oxygen atoms in total. The van der Waals surface area contributed by atoms with Gasteiger partial charge in [0, 0.05) is 51.5 Å². The van der Waals surface area contributed by atoms with Crippen molar-refractivity contribution in [3.05, 3.63) is 18.2 Å². The Hall–Kier alpha value is -2.41. The van der Waals surface area contributed by atoms with Gasteiger partial charge in [0.05, 0.1) is 17.0 Å². The maximum Gasteiger partial charge on any atom is 0.202 e. The standard InChI is InChI=1S/C22H31N7O4S/c1-4-29-14(2)17(11-25-29)19-26-18-20(27(19)3)23-13-24-21(18)34(31,32)16-5-8-28(12-16)22(30)15-6-9-33-10-7-15/h11,13,15-16,22,30H,4-10,12H2,1-3H3. The van der Waals surface area contributed by atoms with Crippen molar-refractivity contribution in [2.75, 3.05) is 26.3 Å². The first-order valence-corrected chi connectivity index (χ1v) is 13.3. The third kappa shape index (κ3) is 3.82. The fraction of sp³-hybridized carbons (Fsp3) is 0.636. The maximum absolute atomic E-state index is 13.7. The Morgan fingerprint density at radius 3 is 2.71 bits per heavy atom. The molecule has 2 unspecified atom stereocenters. The van der Waals surface area contributed by atoms with Gasteiger partial charge in [-0.1, -0.05) is 0 Å². The van der Waals surface area contributed by atoms with Gasteiger partial charge in [0.15, 0.2) is 10.7 Å².